The molecular weight excluding hydrogens is 271 g/mol. The number of hydrogen-bond acceptors (Lipinski definition) is 4. The number of nitrogens with zero attached hydrogens (tertiary/aromatic N) is 2. The van der Waals surface area contributed by atoms with Crippen LogP contribution in [0.5, 0.6) is 0 Å². The third-order valence-electron chi connectivity index (χ3n) is 3.54. The number of halogens is 3. The Hall–Kier alpha value is -1.50. The van der Waals surface area contributed by atoms with Crippen molar-refractivity contribution in [2.45, 2.75) is 37.9 Å². The molecule has 1 saturated heterocycles. The average Bonchev–Trinajstić information content (AvgIpc) is 2.61. The maximum Gasteiger partial charge on any atom is 0.416 e. The zero-order chi connectivity index (χ0) is 14.8. The van der Waals surface area contributed by atoms with Crippen LogP contribution in [0.4, 0.5) is 24.8 Å². The van der Waals surface area contributed by atoms with Crippen molar-refractivity contribution in [3.05, 3.63) is 17.7 Å². The number of aromatic nitrogens is 1. The first-order chi connectivity index (χ1) is 9.41. The van der Waals surface area contributed by atoms with Gasteiger partial charge in [0.1, 0.15) is 11.6 Å². The number of nitrogen functional groups attached to an aromatic ring is 1. The fourth-order valence-electron chi connectivity index (χ4n) is 2.52. The molecule has 0 amide bonds. The lowest BCUT2D eigenvalue weighted by molar-refractivity contribution is -0.137. The minimum atomic E-state index is -4.45. The Morgan fingerprint density at radius 1 is 1.30 bits per heavy atom. The molecule has 7 heteroatoms. The highest BCUT2D eigenvalue weighted by Gasteiger charge is 2.32. The third kappa shape index (κ3) is 3.33. The van der Waals surface area contributed by atoms with Crippen molar-refractivity contribution in [3.63, 3.8) is 0 Å². The molecule has 1 atom stereocenters. The van der Waals surface area contributed by atoms with Gasteiger partial charge in [-0.2, -0.15) is 13.2 Å². The normalized spacial score (nSPS) is 20.8. The van der Waals surface area contributed by atoms with Crippen LogP contribution >= 0.6 is 0 Å². The van der Waals surface area contributed by atoms with Crippen molar-refractivity contribution < 1.29 is 18.3 Å². The first-order valence-corrected chi connectivity index (χ1v) is 6.64. The highest BCUT2D eigenvalue weighted by molar-refractivity contribution is 5.50. The Kier molecular flexibility index (Phi) is 4.37. The van der Waals surface area contributed by atoms with Crippen molar-refractivity contribution in [1.82, 2.24) is 4.98 Å². The summed E-state index contributed by atoms with van der Waals surface area (Å²) in [5.74, 6) is 0.0361. The molecule has 1 aliphatic heterocycles. The van der Waals surface area contributed by atoms with E-state index in [2.05, 4.69) is 4.98 Å². The van der Waals surface area contributed by atoms with E-state index < -0.39 is 11.7 Å². The summed E-state index contributed by atoms with van der Waals surface area (Å²) in [5, 5.41) is 9.42. The summed E-state index contributed by atoms with van der Waals surface area (Å²) in [7, 11) is 0. The average molecular weight is 289 g/mol. The largest absolute Gasteiger partial charge is 0.416 e. The van der Waals surface area contributed by atoms with Gasteiger partial charge in [0.2, 0.25) is 0 Å². The van der Waals surface area contributed by atoms with E-state index in [1.54, 1.807) is 4.90 Å². The number of pyridine rings is 1. The van der Waals surface area contributed by atoms with Gasteiger partial charge in [-0.3, -0.25) is 0 Å². The summed E-state index contributed by atoms with van der Waals surface area (Å²) in [4.78, 5) is 5.74. The molecule has 0 radical (unpaired) electrons. The molecule has 4 nitrogen and oxygen atoms in total. The van der Waals surface area contributed by atoms with Crippen LogP contribution in [0.3, 0.4) is 0 Å². The van der Waals surface area contributed by atoms with Gasteiger partial charge in [-0.25, -0.2) is 4.98 Å². The van der Waals surface area contributed by atoms with Crippen molar-refractivity contribution in [2.75, 3.05) is 23.8 Å². The van der Waals surface area contributed by atoms with Crippen molar-refractivity contribution in [3.8, 4) is 0 Å². The molecule has 0 spiro atoms. The number of aliphatic hydroxyl groups is 1. The Bertz CT molecular complexity index is 465. The predicted octanol–water partition coefficient (Wildman–Crippen LogP) is 2.42. The molecule has 0 aliphatic carbocycles. The van der Waals surface area contributed by atoms with Crippen LogP contribution in [-0.2, 0) is 6.18 Å². The second-order valence-corrected chi connectivity index (χ2v) is 5.02. The topological polar surface area (TPSA) is 62.4 Å². The summed E-state index contributed by atoms with van der Waals surface area (Å²) < 4.78 is 38.5. The number of nitrogens with two attached hydrogens (primary N) is 1. The molecule has 20 heavy (non-hydrogen) atoms. The fraction of sp³-hybridized carbons (Fsp3) is 0.615. The molecule has 0 aromatic carbocycles. The van der Waals surface area contributed by atoms with Crippen LogP contribution in [0.1, 0.15) is 31.2 Å². The Balaban J connectivity index is 2.37. The third-order valence-corrected chi connectivity index (χ3v) is 3.54. The van der Waals surface area contributed by atoms with E-state index in [0.29, 0.717) is 6.54 Å². The summed E-state index contributed by atoms with van der Waals surface area (Å²) in [5.41, 5.74) is 4.68. The lowest BCUT2D eigenvalue weighted by Crippen LogP contribution is -2.38. The van der Waals surface area contributed by atoms with Crippen LogP contribution < -0.4 is 10.6 Å². The van der Waals surface area contributed by atoms with Gasteiger partial charge in [0, 0.05) is 6.54 Å². The second kappa shape index (κ2) is 5.87. The maximum atomic E-state index is 12.8. The van der Waals surface area contributed by atoms with Gasteiger partial charge in [0.05, 0.1) is 18.2 Å². The Labute approximate surface area is 115 Å². The smallest absolute Gasteiger partial charge is 0.394 e. The summed E-state index contributed by atoms with van der Waals surface area (Å²) in [6.07, 6.45) is -0.882. The van der Waals surface area contributed by atoms with E-state index in [0.717, 1.165) is 37.8 Å². The van der Waals surface area contributed by atoms with E-state index in [4.69, 9.17) is 5.73 Å². The highest BCUT2D eigenvalue weighted by Crippen LogP contribution is 2.33. The van der Waals surface area contributed by atoms with E-state index in [-0.39, 0.29) is 24.3 Å². The van der Waals surface area contributed by atoms with Crippen molar-refractivity contribution >= 4 is 11.6 Å². The maximum absolute atomic E-state index is 12.8. The molecule has 3 N–H and O–H groups in total. The van der Waals surface area contributed by atoms with E-state index >= 15 is 0 Å². The SMILES string of the molecule is Nc1cc(C(F)(F)F)cc(N2CCCCCC2CO)n1. The highest BCUT2D eigenvalue weighted by atomic mass is 19.4. The molecule has 2 rings (SSSR count). The first-order valence-electron chi connectivity index (χ1n) is 6.64. The minimum Gasteiger partial charge on any atom is -0.394 e. The summed E-state index contributed by atoms with van der Waals surface area (Å²) in [6, 6.07) is 1.63. The van der Waals surface area contributed by atoms with E-state index in [1.165, 1.54) is 0 Å². The van der Waals surface area contributed by atoms with Gasteiger partial charge < -0.3 is 15.7 Å². The number of anilines is 2. The molecule has 1 fully saturated rings. The molecule has 1 aromatic rings. The first kappa shape index (κ1) is 14.9. The van der Waals surface area contributed by atoms with Crippen molar-refractivity contribution in [2.24, 2.45) is 0 Å². The van der Waals surface area contributed by atoms with Crippen LogP contribution in [0.25, 0.3) is 0 Å². The van der Waals surface area contributed by atoms with Gasteiger partial charge in [-0.05, 0) is 25.0 Å². The van der Waals surface area contributed by atoms with Gasteiger partial charge >= 0.3 is 6.18 Å². The zero-order valence-electron chi connectivity index (χ0n) is 11.0. The molecule has 112 valence electrons. The van der Waals surface area contributed by atoms with Gasteiger partial charge in [-0.1, -0.05) is 12.8 Å². The van der Waals surface area contributed by atoms with E-state index in [1.807, 2.05) is 0 Å². The number of hydrogen-bond donors (Lipinski definition) is 2. The molecule has 2 heterocycles. The molecule has 1 unspecified atom stereocenters. The predicted molar refractivity (Wildman–Crippen MR) is 70.3 cm³/mol. The van der Waals surface area contributed by atoms with Crippen molar-refractivity contribution in [1.29, 1.82) is 0 Å². The van der Waals surface area contributed by atoms with Gasteiger partial charge in [0.15, 0.2) is 0 Å². The van der Waals surface area contributed by atoms with Crippen LogP contribution in [0, 0.1) is 0 Å². The molecule has 0 saturated carbocycles. The van der Waals surface area contributed by atoms with Crippen LogP contribution in [0.2, 0.25) is 0 Å². The van der Waals surface area contributed by atoms with Crippen LogP contribution in [-0.4, -0.2) is 29.3 Å². The lowest BCUT2D eigenvalue weighted by atomic mass is 10.1. The van der Waals surface area contributed by atoms with Gasteiger partial charge in [-0.15, -0.1) is 0 Å². The monoisotopic (exact) mass is 289 g/mol. The standard InChI is InChI=1S/C13H18F3N3O/c14-13(15,16)9-6-11(17)18-12(7-9)19-5-3-1-2-4-10(19)8-20/h6-7,10,20H,1-5,8H2,(H2,17,18). The van der Waals surface area contributed by atoms with Gasteiger partial charge in [0.25, 0.3) is 0 Å². The lowest BCUT2D eigenvalue weighted by Gasteiger charge is -2.30. The number of alkyl halides is 3. The quantitative estimate of drug-likeness (QED) is 0.877. The molecular formula is C13H18F3N3O. The minimum absolute atomic E-state index is 0.0994. The zero-order valence-corrected chi connectivity index (χ0v) is 11.0. The summed E-state index contributed by atoms with van der Waals surface area (Å²) >= 11 is 0. The fourth-order valence-corrected chi connectivity index (χ4v) is 2.52. The number of rotatable bonds is 2. The van der Waals surface area contributed by atoms with Crippen LogP contribution in [0.15, 0.2) is 12.1 Å². The second-order valence-electron chi connectivity index (χ2n) is 5.02. The Morgan fingerprint density at radius 2 is 2.05 bits per heavy atom. The Morgan fingerprint density at radius 3 is 2.70 bits per heavy atom. The molecule has 0 bridgehead atoms. The molecule has 1 aliphatic rings. The van der Waals surface area contributed by atoms with E-state index in [9.17, 15) is 18.3 Å². The molecule has 1 aromatic heterocycles. The summed E-state index contributed by atoms with van der Waals surface area (Å²) in [6.45, 7) is 0.483. The number of aliphatic hydroxyl groups excluding tert-OH is 1.